The highest BCUT2D eigenvalue weighted by Gasteiger charge is 2.16. The summed E-state index contributed by atoms with van der Waals surface area (Å²) in [6.45, 7) is 6.47. The minimum atomic E-state index is -0.175. The molecule has 0 atom stereocenters. The zero-order valence-electron chi connectivity index (χ0n) is 11.1. The molecule has 1 aromatic rings. The molecule has 0 saturated heterocycles. The van der Waals surface area contributed by atoms with Gasteiger partial charge in [-0.05, 0) is 39.0 Å². The number of nitrogens with zero attached hydrogens (tertiary/aromatic N) is 1. The SMILES string of the molecule is CCN(C(=O)c1cccc(C#CCO)c1)C(C)C. The van der Waals surface area contributed by atoms with Gasteiger partial charge in [-0.1, -0.05) is 17.9 Å². The Morgan fingerprint density at radius 1 is 1.44 bits per heavy atom. The van der Waals surface area contributed by atoms with E-state index in [4.69, 9.17) is 5.11 Å². The molecule has 0 saturated carbocycles. The van der Waals surface area contributed by atoms with Crippen LogP contribution < -0.4 is 0 Å². The molecule has 1 rings (SSSR count). The van der Waals surface area contributed by atoms with Crippen LogP contribution in [0.25, 0.3) is 0 Å². The monoisotopic (exact) mass is 245 g/mol. The average molecular weight is 245 g/mol. The maximum absolute atomic E-state index is 12.3. The molecule has 0 unspecified atom stereocenters. The molecular formula is C15H19NO2. The Morgan fingerprint density at radius 3 is 2.72 bits per heavy atom. The number of amides is 1. The Balaban J connectivity index is 2.99. The molecule has 1 amide bonds. The summed E-state index contributed by atoms with van der Waals surface area (Å²) >= 11 is 0. The minimum Gasteiger partial charge on any atom is -0.384 e. The number of aliphatic hydroxyl groups is 1. The van der Waals surface area contributed by atoms with Gasteiger partial charge in [0.15, 0.2) is 0 Å². The van der Waals surface area contributed by atoms with Crippen molar-refractivity contribution in [3.8, 4) is 11.8 Å². The van der Waals surface area contributed by atoms with Crippen molar-refractivity contribution in [2.75, 3.05) is 13.2 Å². The lowest BCUT2D eigenvalue weighted by Crippen LogP contribution is -2.36. The van der Waals surface area contributed by atoms with Crippen molar-refractivity contribution in [1.82, 2.24) is 4.90 Å². The van der Waals surface area contributed by atoms with Crippen LogP contribution in [0.15, 0.2) is 24.3 Å². The molecule has 1 aromatic carbocycles. The van der Waals surface area contributed by atoms with Gasteiger partial charge in [0.05, 0.1) is 0 Å². The number of carbonyl (C=O) groups excluding carboxylic acids is 1. The second-order valence-electron chi connectivity index (χ2n) is 4.23. The predicted octanol–water partition coefficient (Wildman–Crippen LogP) is 1.90. The van der Waals surface area contributed by atoms with E-state index in [2.05, 4.69) is 11.8 Å². The van der Waals surface area contributed by atoms with Crippen molar-refractivity contribution in [1.29, 1.82) is 0 Å². The third-order valence-corrected chi connectivity index (χ3v) is 2.65. The van der Waals surface area contributed by atoms with Gasteiger partial charge >= 0.3 is 0 Å². The normalized spacial score (nSPS) is 9.83. The largest absolute Gasteiger partial charge is 0.384 e. The van der Waals surface area contributed by atoms with Crippen LogP contribution in [0.3, 0.4) is 0 Å². The molecule has 3 nitrogen and oxygen atoms in total. The van der Waals surface area contributed by atoms with Crippen LogP contribution in [0, 0.1) is 11.8 Å². The van der Waals surface area contributed by atoms with E-state index in [9.17, 15) is 4.79 Å². The second-order valence-corrected chi connectivity index (χ2v) is 4.23. The summed E-state index contributed by atoms with van der Waals surface area (Å²) in [7, 11) is 0. The summed E-state index contributed by atoms with van der Waals surface area (Å²) in [6.07, 6.45) is 0. The molecule has 0 aliphatic heterocycles. The first-order chi connectivity index (χ1) is 8.60. The Kier molecular flexibility index (Phi) is 5.41. The van der Waals surface area contributed by atoms with Crippen LogP contribution >= 0.6 is 0 Å². The summed E-state index contributed by atoms with van der Waals surface area (Å²) < 4.78 is 0. The van der Waals surface area contributed by atoms with Gasteiger partial charge in [0, 0.05) is 23.7 Å². The molecular weight excluding hydrogens is 226 g/mol. The number of rotatable bonds is 3. The highest BCUT2D eigenvalue weighted by atomic mass is 16.2. The molecule has 3 heteroatoms. The average Bonchev–Trinajstić information content (AvgIpc) is 2.37. The van der Waals surface area contributed by atoms with Crippen LogP contribution in [0.4, 0.5) is 0 Å². The summed E-state index contributed by atoms with van der Waals surface area (Å²) in [4.78, 5) is 14.1. The van der Waals surface area contributed by atoms with Gasteiger partial charge in [-0.2, -0.15) is 0 Å². The lowest BCUT2D eigenvalue weighted by Gasteiger charge is -2.25. The first kappa shape index (κ1) is 14.3. The van der Waals surface area contributed by atoms with E-state index in [1.807, 2.05) is 32.9 Å². The van der Waals surface area contributed by atoms with Gasteiger partial charge in [-0.15, -0.1) is 0 Å². The first-order valence-electron chi connectivity index (χ1n) is 6.11. The Morgan fingerprint density at radius 2 is 2.17 bits per heavy atom. The minimum absolute atomic E-state index is 0.0140. The topological polar surface area (TPSA) is 40.5 Å². The zero-order chi connectivity index (χ0) is 13.5. The Labute approximate surface area is 108 Å². The van der Waals surface area contributed by atoms with Crippen molar-refractivity contribution in [3.05, 3.63) is 35.4 Å². The lowest BCUT2D eigenvalue weighted by atomic mass is 10.1. The molecule has 0 fully saturated rings. The van der Waals surface area contributed by atoms with Crippen molar-refractivity contribution in [3.63, 3.8) is 0 Å². The van der Waals surface area contributed by atoms with Gasteiger partial charge in [0.2, 0.25) is 0 Å². The maximum Gasteiger partial charge on any atom is 0.254 e. The van der Waals surface area contributed by atoms with Crippen molar-refractivity contribution in [2.24, 2.45) is 0 Å². The number of aliphatic hydroxyl groups excluding tert-OH is 1. The van der Waals surface area contributed by atoms with Gasteiger partial charge in [0.1, 0.15) is 6.61 Å². The Bertz CT molecular complexity index is 469. The fourth-order valence-electron chi connectivity index (χ4n) is 1.78. The lowest BCUT2D eigenvalue weighted by molar-refractivity contribution is 0.0717. The van der Waals surface area contributed by atoms with Crippen LogP contribution in [-0.4, -0.2) is 35.1 Å². The zero-order valence-corrected chi connectivity index (χ0v) is 11.1. The highest BCUT2D eigenvalue weighted by Crippen LogP contribution is 2.10. The fraction of sp³-hybridized carbons (Fsp3) is 0.400. The van der Waals surface area contributed by atoms with E-state index in [-0.39, 0.29) is 18.6 Å². The van der Waals surface area contributed by atoms with Crippen molar-refractivity contribution in [2.45, 2.75) is 26.8 Å². The van der Waals surface area contributed by atoms with E-state index >= 15 is 0 Å². The second kappa shape index (κ2) is 6.83. The molecule has 0 aliphatic carbocycles. The molecule has 18 heavy (non-hydrogen) atoms. The molecule has 0 spiro atoms. The molecule has 1 N–H and O–H groups in total. The maximum atomic E-state index is 12.3. The van der Waals surface area contributed by atoms with Crippen LogP contribution in [-0.2, 0) is 0 Å². The van der Waals surface area contributed by atoms with Gasteiger partial charge in [-0.3, -0.25) is 4.79 Å². The molecule has 96 valence electrons. The standard InChI is InChI=1S/C15H19NO2/c1-4-16(12(2)3)15(18)14-9-5-7-13(11-14)8-6-10-17/h5,7,9,11-12,17H,4,10H2,1-3H3. The van der Waals surface area contributed by atoms with E-state index in [0.717, 1.165) is 5.56 Å². The third-order valence-electron chi connectivity index (χ3n) is 2.65. The first-order valence-corrected chi connectivity index (χ1v) is 6.11. The summed E-state index contributed by atoms with van der Waals surface area (Å²) in [5, 5.41) is 8.66. The molecule has 0 aliphatic rings. The number of hydrogen-bond acceptors (Lipinski definition) is 2. The predicted molar refractivity (Wildman–Crippen MR) is 72.3 cm³/mol. The Hall–Kier alpha value is -1.79. The van der Waals surface area contributed by atoms with Gasteiger partial charge in [-0.25, -0.2) is 0 Å². The number of hydrogen-bond donors (Lipinski definition) is 1. The number of carbonyl (C=O) groups is 1. The molecule has 0 bridgehead atoms. The summed E-state index contributed by atoms with van der Waals surface area (Å²) in [5.74, 6) is 5.40. The van der Waals surface area contributed by atoms with Crippen LogP contribution in [0.5, 0.6) is 0 Å². The van der Waals surface area contributed by atoms with E-state index in [1.165, 1.54) is 0 Å². The third kappa shape index (κ3) is 3.61. The summed E-state index contributed by atoms with van der Waals surface area (Å²) in [6, 6.07) is 7.36. The molecule has 0 radical (unpaired) electrons. The molecule has 0 aromatic heterocycles. The summed E-state index contributed by atoms with van der Waals surface area (Å²) in [5.41, 5.74) is 1.38. The van der Waals surface area contributed by atoms with E-state index in [1.54, 1.807) is 17.0 Å². The van der Waals surface area contributed by atoms with Crippen LogP contribution in [0.2, 0.25) is 0 Å². The number of benzene rings is 1. The van der Waals surface area contributed by atoms with E-state index < -0.39 is 0 Å². The molecule has 0 heterocycles. The van der Waals surface area contributed by atoms with Gasteiger partial charge < -0.3 is 10.0 Å². The van der Waals surface area contributed by atoms with Crippen LogP contribution in [0.1, 0.15) is 36.7 Å². The van der Waals surface area contributed by atoms with Crippen molar-refractivity contribution >= 4 is 5.91 Å². The van der Waals surface area contributed by atoms with Crippen molar-refractivity contribution < 1.29 is 9.90 Å². The highest BCUT2D eigenvalue weighted by molar-refractivity contribution is 5.94. The fourth-order valence-corrected chi connectivity index (χ4v) is 1.78. The smallest absolute Gasteiger partial charge is 0.254 e. The van der Waals surface area contributed by atoms with Gasteiger partial charge in [0.25, 0.3) is 5.91 Å². The van der Waals surface area contributed by atoms with E-state index in [0.29, 0.717) is 12.1 Å². The quantitative estimate of drug-likeness (QED) is 0.826.